The fraction of sp³-hybridized carbons (Fsp3) is 0.200. The van der Waals surface area contributed by atoms with Crippen molar-refractivity contribution in [2.45, 2.75) is 25.3 Å². The molecule has 29 heavy (non-hydrogen) atoms. The molecule has 0 saturated heterocycles. The number of H-pyrrole nitrogens is 1. The quantitative estimate of drug-likeness (QED) is 0.612. The number of aromatic nitrogens is 3. The number of rotatable bonds is 4. The average Bonchev–Trinajstić information content (AvgIpc) is 3.10. The molecule has 1 aromatic heterocycles. The fourth-order valence-corrected chi connectivity index (χ4v) is 3.34. The third-order valence-electron chi connectivity index (χ3n) is 4.67. The van der Waals surface area contributed by atoms with Crippen LogP contribution in [-0.2, 0) is 17.6 Å². The van der Waals surface area contributed by atoms with Crippen LogP contribution in [0.15, 0.2) is 42.5 Å². The van der Waals surface area contributed by atoms with E-state index in [1.807, 2.05) is 6.07 Å². The third kappa shape index (κ3) is 4.43. The van der Waals surface area contributed by atoms with Gasteiger partial charge in [-0.05, 0) is 48.2 Å². The van der Waals surface area contributed by atoms with E-state index in [0.717, 1.165) is 11.1 Å². The summed E-state index contributed by atoms with van der Waals surface area (Å²) in [5, 5.41) is 12.6. The SMILES string of the molecule is O=C(N[C@H]1CCc2ccc(Cl)cc2NC1=O)c1n[nH]c(Cc2ccc(F)cc2)n1. The standard InChI is InChI=1S/C20H17ClFN5O2/c21-13-5-3-12-4-8-15(19(28)24-16(12)10-13)23-20(29)18-25-17(26-27-18)9-11-1-6-14(22)7-2-11/h1-3,5-7,10,15H,4,8-9H2,(H,23,29)(H,24,28)(H,25,26,27)/t15-/m0/s1. The summed E-state index contributed by atoms with van der Waals surface area (Å²) < 4.78 is 13.0. The van der Waals surface area contributed by atoms with Crippen molar-refractivity contribution in [1.29, 1.82) is 0 Å². The van der Waals surface area contributed by atoms with Gasteiger partial charge in [-0.25, -0.2) is 9.37 Å². The van der Waals surface area contributed by atoms with Crippen LogP contribution in [0.2, 0.25) is 5.02 Å². The molecule has 1 aliphatic heterocycles. The molecule has 3 N–H and O–H groups in total. The van der Waals surface area contributed by atoms with E-state index in [4.69, 9.17) is 11.6 Å². The number of benzene rings is 2. The number of anilines is 1. The summed E-state index contributed by atoms with van der Waals surface area (Å²) in [6.07, 6.45) is 1.43. The van der Waals surface area contributed by atoms with E-state index < -0.39 is 11.9 Å². The molecule has 2 aromatic carbocycles. The highest BCUT2D eigenvalue weighted by atomic mass is 35.5. The first-order valence-electron chi connectivity index (χ1n) is 9.04. The van der Waals surface area contributed by atoms with Gasteiger partial charge in [0.25, 0.3) is 5.91 Å². The zero-order valence-corrected chi connectivity index (χ0v) is 16.0. The minimum absolute atomic E-state index is 0.0558. The molecule has 9 heteroatoms. The second-order valence-electron chi connectivity index (χ2n) is 6.76. The number of carbonyl (C=O) groups is 2. The van der Waals surface area contributed by atoms with Crippen LogP contribution in [0.3, 0.4) is 0 Å². The van der Waals surface area contributed by atoms with Gasteiger partial charge in [0.2, 0.25) is 11.7 Å². The van der Waals surface area contributed by atoms with Crippen molar-refractivity contribution in [2.24, 2.45) is 0 Å². The Morgan fingerprint density at radius 2 is 2.03 bits per heavy atom. The molecule has 1 aliphatic rings. The van der Waals surface area contributed by atoms with Crippen molar-refractivity contribution in [3.05, 3.63) is 76.1 Å². The number of nitrogens with one attached hydrogen (secondary N) is 3. The van der Waals surface area contributed by atoms with Gasteiger partial charge in [0.05, 0.1) is 0 Å². The summed E-state index contributed by atoms with van der Waals surface area (Å²) in [6, 6.07) is 10.6. The van der Waals surface area contributed by atoms with E-state index in [1.165, 1.54) is 12.1 Å². The molecule has 2 amide bonds. The van der Waals surface area contributed by atoms with Crippen LogP contribution in [0.5, 0.6) is 0 Å². The van der Waals surface area contributed by atoms with Gasteiger partial charge >= 0.3 is 0 Å². The zero-order chi connectivity index (χ0) is 20.4. The number of amides is 2. The van der Waals surface area contributed by atoms with Crippen LogP contribution in [-0.4, -0.2) is 33.0 Å². The number of fused-ring (bicyclic) bond motifs is 1. The highest BCUT2D eigenvalue weighted by Crippen LogP contribution is 2.25. The Morgan fingerprint density at radius 3 is 2.83 bits per heavy atom. The maximum atomic E-state index is 13.0. The zero-order valence-electron chi connectivity index (χ0n) is 15.2. The lowest BCUT2D eigenvalue weighted by Gasteiger charge is -2.13. The number of carbonyl (C=O) groups excluding carboxylic acids is 2. The van der Waals surface area contributed by atoms with Gasteiger partial charge in [-0.2, -0.15) is 0 Å². The molecule has 0 fully saturated rings. The van der Waals surface area contributed by atoms with Gasteiger partial charge in [0.1, 0.15) is 17.7 Å². The normalized spacial score (nSPS) is 15.9. The van der Waals surface area contributed by atoms with Crippen molar-refractivity contribution >= 4 is 29.1 Å². The van der Waals surface area contributed by atoms with Gasteiger partial charge in [-0.1, -0.05) is 29.8 Å². The predicted octanol–water partition coefficient (Wildman–Crippen LogP) is 2.87. The number of aromatic amines is 1. The number of halogens is 2. The molecular formula is C20H17ClFN5O2. The van der Waals surface area contributed by atoms with Crippen molar-refractivity contribution in [1.82, 2.24) is 20.5 Å². The van der Waals surface area contributed by atoms with Crippen molar-refractivity contribution in [3.8, 4) is 0 Å². The van der Waals surface area contributed by atoms with Crippen molar-refractivity contribution in [2.75, 3.05) is 5.32 Å². The highest BCUT2D eigenvalue weighted by molar-refractivity contribution is 6.31. The molecule has 3 aromatic rings. The number of aryl methyl sites for hydroxylation is 1. The largest absolute Gasteiger partial charge is 0.337 e. The molecule has 4 rings (SSSR count). The minimum Gasteiger partial charge on any atom is -0.337 e. The molecule has 2 heterocycles. The van der Waals surface area contributed by atoms with E-state index in [0.29, 0.717) is 35.8 Å². The van der Waals surface area contributed by atoms with Crippen LogP contribution >= 0.6 is 11.6 Å². The Morgan fingerprint density at radius 1 is 1.24 bits per heavy atom. The smallest absolute Gasteiger partial charge is 0.291 e. The maximum Gasteiger partial charge on any atom is 0.291 e. The molecular weight excluding hydrogens is 397 g/mol. The summed E-state index contributed by atoms with van der Waals surface area (Å²) in [7, 11) is 0. The molecule has 148 valence electrons. The second-order valence-corrected chi connectivity index (χ2v) is 7.20. The summed E-state index contributed by atoms with van der Waals surface area (Å²) in [5.74, 6) is -0.775. The van der Waals surface area contributed by atoms with E-state index in [2.05, 4.69) is 25.8 Å². The van der Waals surface area contributed by atoms with Crippen LogP contribution < -0.4 is 10.6 Å². The number of nitrogens with zero attached hydrogens (tertiary/aromatic N) is 2. The molecule has 0 spiro atoms. The first kappa shape index (κ1) is 19.1. The lowest BCUT2D eigenvalue weighted by molar-refractivity contribution is -0.118. The fourth-order valence-electron chi connectivity index (χ4n) is 3.17. The second kappa shape index (κ2) is 8.00. The molecule has 0 radical (unpaired) electrons. The Hall–Kier alpha value is -3.26. The van der Waals surface area contributed by atoms with Crippen LogP contribution in [0.4, 0.5) is 10.1 Å². The lowest BCUT2D eigenvalue weighted by Crippen LogP contribution is -2.43. The molecule has 0 saturated carbocycles. The Kier molecular flexibility index (Phi) is 5.26. The highest BCUT2D eigenvalue weighted by Gasteiger charge is 2.27. The van der Waals surface area contributed by atoms with Gasteiger partial charge in [-0.15, -0.1) is 5.10 Å². The van der Waals surface area contributed by atoms with E-state index in [-0.39, 0.29) is 17.5 Å². The number of hydrogen-bond donors (Lipinski definition) is 3. The number of hydrogen-bond acceptors (Lipinski definition) is 4. The average molecular weight is 414 g/mol. The molecule has 7 nitrogen and oxygen atoms in total. The van der Waals surface area contributed by atoms with E-state index >= 15 is 0 Å². The summed E-state index contributed by atoms with van der Waals surface area (Å²) in [4.78, 5) is 29.2. The van der Waals surface area contributed by atoms with Crippen LogP contribution in [0.1, 0.15) is 34.0 Å². The van der Waals surface area contributed by atoms with Crippen LogP contribution in [0, 0.1) is 5.82 Å². The lowest BCUT2D eigenvalue weighted by atomic mass is 10.1. The Balaban J connectivity index is 1.41. The van der Waals surface area contributed by atoms with Gasteiger partial charge in [0, 0.05) is 17.1 Å². The first-order valence-corrected chi connectivity index (χ1v) is 9.41. The molecule has 0 unspecified atom stereocenters. The predicted molar refractivity (Wildman–Crippen MR) is 105 cm³/mol. The molecule has 0 bridgehead atoms. The Labute approximate surface area is 170 Å². The van der Waals surface area contributed by atoms with Gasteiger partial charge in [-0.3, -0.25) is 14.7 Å². The first-order chi connectivity index (χ1) is 14.0. The Bertz CT molecular complexity index is 1070. The molecule has 1 atom stereocenters. The van der Waals surface area contributed by atoms with Crippen molar-refractivity contribution in [3.63, 3.8) is 0 Å². The topological polar surface area (TPSA) is 99.8 Å². The summed E-state index contributed by atoms with van der Waals surface area (Å²) >= 11 is 5.99. The summed E-state index contributed by atoms with van der Waals surface area (Å²) in [6.45, 7) is 0. The van der Waals surface area contributed by atoms with Crippen LogP contribution in [0.25, 0.3) is 0 Å². The van der Waals surface area contributed by atoms with Crippen molar-refractivity contribution < 1.29 is 14.0 Å². The van der Waals surface area contributed by atoms with E-state index in [9.17, 15) is 14.0 Å². The van der Waals surface area contributed by atoms with Gasteiger partial charge < -0.3 is 10.6 Å². The minimum atomic E-state index is -0.715. The molecule has 0 aliphatic carbocycles. The van der Waals surface area contributed by atoms with Gasteiger partial charge in [0.15, 0.2) is 0 Å². The third-order valence-corrected chi connectivity index (χ3v) is 4.91. The van der Waals surface area contributed by atoms with E-state index in [1.54, 1.807) is 24.3 Å². The maximum absolute atomic E-state index is 13.0. The monoisotopic (exact) mass is 413 g/mol. The summed E-state index contributed by atoms with van der Waals surface area (Å²) in [5.41, 5.74) is 2.44.